The van der Waals surface area contributed by atoms with Crippen molar-refractivity contribution in [3.8, 4) is 0 Å². The molecule has 0 heterocycles. The van der Waals surface area contributed by atoms with Crippen molar-refractivity contribution < 1.29 is 35.4 Å². The molecule has 4 rings (SSSR count). The lowest BCUT2D eigenvalue weighted by atomic mass is 9.39. The maximum atomic E-state index is 12.1. The molecule has 10 unspecified atom stereocenters. The van der Waals surface area contributed by atoms with Crippen LogP contribution in [0.3, 0.4) is 0 Å². The van der Waals surface area contributed by atoms with Crippen molar-refractivity contribution in [1.29, 1.82) is 0 Å². The van der Waals surface area contributed by atoms with Crippen LogP contribution in [0.25, 0.3) is 0 Å². The fourth-order valence-electron chi connectivity index (χ4n) is 8.07. The van der Waals surface area contributed by atoms with E-state index in [1.807, 2.05) is 6.92 Å². The van der Waals surface area contributed by atoms with Gasteiger partial charge in [-0.3, -0.25) is 4.79 Å². The van der Waals surface area contributed by atoms with Gasteiger partial charge in [0, 0.05) is 23.9 Å². The molecule has 7 heteroatoms. The average molecular weight is 384 g/mol. The average Bonchev–Trinajstić information content (AvgIpc) is 2.86. The van der Waals surface area contributed by atoms with Crippen LogP contribution in [0.15, 0.2) is 0 Å². The molecule has 7 nitrogen and oxygen atoms in total. The molecular weight excluding hydrogens is 352 g/mol. The first-order chi connectivity index (χ1) is 12.5. The van der Waals surface area contributed by atoms with Gasteiger partial charge in [-0.05, 0) is 50.4 Å². The van der Waals surface area contributed by atoms with Crippen LogP contribution < -0.4 is 0 Å². The molecule has 4 saturated carbocycles. The summed E-state index contributed by atoms with van der Waals surface area (Å²) in [6.07, 6.45) is -0.878. The van der Waals surface area contributed by atoms with E-state index in [2.05, 4.69) is 0 Å². The van der Waals surface area contributed by atoms with E-state index in [-0.39, 0.29) is 25.4 Å². The Morgan fingerprint density at radius 3 is 2.41 bits per heavy atom. The minimum Gasteiger partial charge on any atom is -0.481 e. The van der Waals surface area contributed by atoms with Gasteiger partial charge in [0.15, 0.2) is 0 Å². The topological polar surface area (TPSA) is 138 Å². The third-order valence-corrected chi connectivity index (χ3v) is 9.24. The molecule has 154 valence electrons. The normalized spacial score (nSPS) is 59.8. The van der Waals surface area contributed by atoms with Gasteiger partial charge >= 0.3 is 5.97 Å². The molecule has 0 aliphatic heterocycles. The predicted molar refractivity (Wildman–Crippen MR) is 94.5 cm³/mol. The second-order valence-corrected chi connectivity index (χ2v) is 10.3. The smallest absolute Gasteiger partial charge is 0.309 e. The molecule has 4 aliphatic carbocycles. The van der Waals surface area contributed by atoms with Gasteiger partial charge in [0.2, 0.25) is 0 Å². The van der Waals surface area contributed by atoms with Crippen molar-refractivity contribution in [3.05, 3.63) is 0 Å². The lowest BCUT2D eigenvalue weighted by Gasteiger charge is -2.67. The number of carboxylic acids is 1. The van der Waals surface area contributed by atoms with E-state index in [9.17, 15) is 35.4 Å². The molecule has 6 N–H and O–H groups in total. The van der Waals surface area contributed by atoms with Crippen LogP contribution >= 0.6 is 0 Å². The molecule has 10 atom stereocenters. The van der Waals surface area contributed by atoms with E-state index in [4.69, 9.17) is 0 Å². The summed E-state index contributed by atoms with van der Waals surface area (Å²) in [5, 5.41) is 63.9. The minimum absolute atomic E-state index is 0.126. The zero-order valence-electron chi connectivity index (χ0n) is 16.0. The summed E-state index contributed by atoms with van der Waals surface area (Å²) in [5.74, 6) is -2.38. The molecule has 27 heavy (non-hydrogen) atoms. The van der Waals surface area contributed by atoms with Crippen LogP contribution in [0.1, 0.15) is 52.4 Å². The Hall–Kier alpha value is -0.730. The lowest BCUT2D eigenvalue weighted by Crippen LogP contribution is -2.70. The molecule has 0 saturated heterocycles. The minimum atomic E-state index is -1.47. The molecule has 1 spiro atoms. The Bertz CT molecular complexity index is 654. The largest absolute Gasteiger partial charge is 0.481 e. The summed E-state index contributed by atoms with van der Waals surface area (Å²) in [7, 11) is 0. The zero-order valence-corrected chi connectivity index (χ0v) is 16.0. The summed E-state index contributed by atoms with van der Waals surface area (Å²) in [6.45, 7) is 3.35. The monoisotopic (exact) mass is 384 g/mol. The molecule has 4 fully saturated rings. The highest BCUT2D eigenvalue weighted by Gasteiger charge is 2.75. The molecule has 0 aromatic carbocycles. The van der Waals surface area contributed by atoms with Gasteiger partial charge in [0.1, 0.15) is 0 Å². The summed E-state index contributed by atoms with van der Waals surface area (Å²) in [6, 6.07) is 0. The zero-order chi connectivity index (χ0) is 20.0. The molecule has 0 amide bonds. The van der Waals surface area contributed by atoms with E-state index < -0.39 is 58.0 Å². The van der Waals surface area contributed by atoms with Gasteiger partial charge in [-0.15, -0.1) is 0 Å². The number of hydrogen-bond acceptors (Lipinski definition) is 6. The van der Waals surface area contributed by atoms with E-state index >= 15 is 0 Å². The SMILES string of the molecule is CC1(C(=O)O)CCCC2(C)C1C(O)C(O)C13CC(CO)C(O)(C1)C(O)CC23. The number of aliphatic hydroxyl groups is 5. The lowest BCUT2D eigenvalue weighted by molar-refractivity contribution is -0.271. The molecule has 4 aliphatic rings. The van der Waals surface area contributed by atoms with Crippen molar-refractivity contribution in [1.82, 2.24) is 0 Å². The standard InChI is InChI=1S/C20H32O7/c1-17-4-3-5-18(2,16(25)26)14(17)13(23)15(24)19-7-10(8-21)20(27,9-19)12(22)6-11(17)19/h10-15,21-24,27H,3-9H2,1-2H3,(H,25,26). The molecule has 0 radical (unpaired) electrons. The van der Waals surface area contributed by atoms with E-state index in [0.29, 0.717) is 25.7 Å². The van der Waals surface area contributed by atoms with Crippen molar-refractivity contribution in [2.24, 2.45) is 34.0 Å². The first kappa shape index (κ1) is 19.6. The summed E-state index contributed by atoms with van der Waals surface area (Å²) in [5.41, 5.74) is -4.01. The Morgan fingerprint density at radius 2 is 1.81 bits per heavy atom. The fourth-order valence-corrected chi connectivity index (χ4v) is 8.07. The number of rotatable bonds is 2. The van der Waals surface area contributed by atoms with E-state index in [1.165, 1.54) is 0 Å². The first-order valence-corrected chi connectivity index (χ1v) is 10.1. The Balaban J connectivity index is 1.86. The van der Waals surface area contributed by atoms with Crippen LogP contribution in [0.4, 0.5) is 0 Å². The highest BCUT2D eigenvalue weighted by molar-refractivity contribution is 5.75. The van der Waals surface area contributed by atoms with Crippen LogP contribution in [0, 0.1) is 34.0 Å². The van der Waals surface area contributed by atoms with Crippen molar-refractivity contribution in [3.63, 3.8) is 0 Å². The van der Waals surface area contributed by atoms with Crippen LogP contribution in [-0.2, 0) is 4.79 Å². The number of aliphatic carboxylic acids is 1. The molecule has 2 bridgehead atoms. The number of aliphatic hydroxyl groups excluding tert-OH is 4. The Labute approximate surface area is 159 Å². The summed E-state index contributed by atoms with van der Waals surface area (Å²) < 4.78 is 0. The quantitative estimate of drug-likeness (QED) is 0.397. The van der Waals surface area contributed by atoms with Gasteiger partial charge < -0.3 is 30.6 Å². The predicted octanol–water partition coefficient (Wildman–Crippen LogP) is 0.120. The highest BCUT2D eigenvalue weighted by Crippen LogP contribution is 2.72. The van der Waals surface area contributed by atoms with Crippen molar-refractivity contribution >= 4 is 5.97 Å². The first-order valence-electron chi connectivity index (χ1n) is 10.1. The second-order valence-electron chi connectivity index (χ2n) is 10.3. The second kappa shape index (κ2) is 5.66. The molecule has 0 aromatic rings. The van der Waals surface area contributed by atoms with Gasteiger partial charge in [0.05, 0.1) is 29.3 Å². The maximum Gasteiger partial charge on any atom is 0.309 e. The Morgan fingerprint density at radius 1 is 1.15 bits per heavy atom. The number of carbonyl (C=O) groups is 1. The maximum absolute atomic E-state index is 12.1. The third kappa shape index (κ3) is 2.12. The summed E-state index contributed by atoms with van der Waals surface area (Å²) in [4.78, 5) is 12.1. The van der Waals surface area contributed by atoms with Gasteiger partial charge in [-0.25, -0.2) is 0 Å². The van der Waals surface area contributed by atoms with Gasteiger partial charge in [0.25, 0.3) is 0 Å². The highest BCUT2D eigenvalue weighted by atomic mass is 16.4. The van der Waals surface area contributed by atoms with Crippen LogP contribution in [-0.4, -0.2) is 67.1 Å². The molecular formula is C20H32O7. The number of hydrogen-bond donors (Lipinski definition) is 6. The molecule has 0 aromatic heterocycles. The van der Waals surface area contributed by atoms with E-state index in [1.54, 1.807) is 6.92 Å². The van der Waals surface area contributed by atoms with E-state index in [0.717, 1.165) is 0 Å². The summed E-state index contributed by atoms with van der Waals surface area (Å²) >= 11 is 0. The van der Waals surface area contributed by atoms with Gasteiger partial charge in [-0.2, -0.15) is 0 Å². The number of fused-ring (bicyclic) bond motifs is 3. The number of carboxylic acid groups (broad SMARTS) is 1. The fraction of sp³-hybridized carbons (Fsp3) is 0.950. The third-order valence-electron chi connectivity index (χ3n) is 9.24. The van der Waals surface area contributed by atoms with Crippen LogP contribution in [0.2, 0.25) is 0 Å². The van der Waals surface area contributed by atoms with Crippen molar-refractivity contribution in [2.75, 3.05) is 6.61 Å². The van der Waals surface area contributed by atoms with Crippen molar-refractivity contribution in [2.45, 2.75) is 76.3 Å². The van der Waals surface area contributed by atoms with Crippen LogP contribution in [0.5, 0.6) is 0 Å². The Kier molecular flexibility index (Phi) is 4.11. The van der Waals surface area contributed by atoms with Gasteiger partial charge in [-0.1, -0.05) is 13.3 Å².